The van der Waals surface area contributed by atoms with Crippen LogP contribution in [0.5, 0.6) is 11.5 Å². The van der Waals surface area contributed by atoms with Gasteiger partial charge in [0.2, 0.25) is 0 Å². The van der Waals surface area contributed by atoms with Gasteiger partial charge < -0.3 is 28.8 Å². The van der Waals surface area contributed by atoms with Gasteiger partial charge in [-0.1, -0.05) is 25.8 Å². The van der Waals surface area contributed by atoms with E-state index < -0.39 is 28.7 Å². The average Bonchev–Trinajstić information content (AvgIpc) is 3.19. The molecular weight excluding hydrogens is 484 g/mol. The van der Waals surface area contributed by atoms with Crippen molar-refractivity contribution >= 4 is 5.97 Å². The number of methoxy groups -OCH3 is 1. The second-order valence-corrected chi connectivity index (χ2v) is 12.8. The summed E-state index contributed by atoms with van der Waals surface area (Å²) < 4.78 is 30.3. The third kappa shape index (κ3) is 4.44. The number of aliphatic hydroxyl groups is 1. The quantitative estimate of drug-likeness (QED) is 0.408. The number of esters is 1. The highest BCUT2D eigenvalue weighted by Gasteiger charge is 2.70. The number of rotatable bonds is 10. The molecule has 4 aliphatic rings. The topological polar surface area (TPSA) is 83.5 Å². The summed E-state index contributed by atoms with van der Waals surface area (Å²) in [6.45, 7) is 10.6. The van der Waals surface area contributed by atoms with E-state index in [4.69, 9.17) is 23.7 Å². The van der Waals surface area contributed by atoms with Crippen molar-refractivity contribution < 1.29 is 33.6 Å². The molecule has 38 heavy (non-hydrogen) atoms. The normalized spacial score (nSPS) is 30.6. The lowest BCUT2D eigenvalue weighted by molar-refractivity contribution is -0.166. The lowest BCUT2D eigenvalue weighted by atomic mass is 9.47. The van der Waals surface area contributed by atoms with E-state index in [9.17, 15) is 9.90 Å². The van der Waals surface area contributed by atoms with Crippen LogP contribution < -0.4 is 9.47 Å². The molecule has 2 bridgehead atoms. The van der Waals surface area contributed by atoms with Crippen molar-refractivity contribution in [2.24, 2.45) is 5.92 Å². The standard InChI is InChI=1S/C31H44O7/c1-7-13-29(5,16-17-35-28(2,3)4)36-19-24(32)37-23-12-15-31(33)21-9-8-14-30(31)25-20(18-21)10-11-22(34-6)26(25)38-27(23)30/h10-12,21,27,33H,7-9,13-19H2,1-6H3/t21-,27+,29?,30+,31-/m1/s1. The minimum absolute atomic E-state index is 0.149. The molecule has 7 nitrogen and oxygen atoms in total. The van der Waals surface area contributed by atoms with Gasteiger partial charge in [-0.3, -0.25) is 0 Å². The maximum absolute atomic E-state index is 13.1. The summed E-state index contributed by atoms with van der Waals surface area (Å²) in [5.74, 6) is 1.51. The zero-order valence-electron chi connectivity index (χ0n) is 23.9. The van der Waals surface area contributed by atoms with E-state index in [0.29, 0.717) is 36.7 Å². The Bertz CT molecular complexity index is 1100. The molecule has 1 N–H and O–H groups in total. The number of hydrogen-bond donors (Lipinski definition) is 1. The molecule has 1 unspecified atom stereocenters. The molecule has 210 valence electrons. The minimum atomic E-state index is -0.931. The summed E-state index contributed by atoms with van der Waals surface area (Å²) in [5.41, 5.74) is -0.0194. The van der Waals surface area contributed by atoms with Crippen molar-refractivity contribution in [2.75, 3.05) is 20.3 Å². The lowest BCUT2D eigenvalue weighted by Crippen LogP contribution is -2.67. The van der Waals surface area contributed by atoms with E-state index >= 15 is 0 Å². The summed E-state index contributed by atoms with van der Waals surface area (Å²) in [6.07, 6.45) is 7.77. The molecule has 5 rings (SSSR count). The Morgan fingerprint density at radius 1 is 1.18 bits per heavy atom. The summed E-state index contributed by atoms with van der Waals surface area (Å²) in [5, 5.41) is 12.2. The van der Waals surface area contributed by atoms with Gasteiger partial charge in [-0.05, 0) is 89.8 Å². The van der Waals surface area contributed by atoms with Crippen LogP contribution in [0.3, 0.4) is 0 Å². The van der Waals surface area contributed by atoms with Gasteiger partial charge in [0.1, 0.15) is 12.4 Å². The number of ether oxygens (including phenoxy) is 5. The van der Waals surface area contributed by atoms with E-state index in [0.717, 1.165) is 44.1 Å². The van der Waals surface area contributed by atoms with E-state index in [-0.39, 0.29) is 18.1 Å². The first kappa shape index (κ1) is 27.5. The van der Waals surface area contributed by atoms with Crippen molar-refractivity contribution in [3.8, 4) is 11.5 Å². The number of benzene rings is 1. The highest BCUT2D eigenvalue weighted by Crippen LogP contribution is 2.67. The molecule has 3 aliphatic carbocycles. The van der Waals surface area contributed by atoms with E-state index in [2.05, 4.69) is 13.0 Å². The van der Waals surface area contributed by atoms with Crippen molar-refractivity contribution in [3.05, 3.63) is 35.1 Å². The minimum Gasteiger partial charge on any atom is -0.493 e. The van der Waals surface area contributed by atoms with Crippen LogP contribution in [-0.4, -0.2) is 54.3 Å². The molecule has 1 aromatic rings. The first-order chi connectivity index (χ1) is 18.0. The summed E-state index contributed by atoms with van der Waals surface area (Å²) >= 11 is 0. The van der Waals surface area contributed by atoms with Gasteiger partial charge in [-0.25, -0.2) is 4.79 Å². The van der Waals surface area contributed by atoms with Gasteiger partial charge in [0.25, 0.3) is 0 Å². The van der Waals surface area contributed by atoms with Crippen LogP contribution >= 0.6 is 0 Å². The van der Waals surface area contributed by atoms with Crippen LogP contribution in [0.25, 0.3) is 0 Å². The smallest absolute Gasteiger partial charge is 0.337 e. The molecule has 1 aromatic carbocycles. The molecule has 0 aromatic heterocycles. The predicted molar refractivity (Wildman–Crippen MR) is 143 cm³/mol. The summed E-state index contributed by atoms with van der Waals surface area (Å²) in [4.78, 5) is 13.1. The van der Waals surface area contributed by atoms with Crippen LogP contribution in [-0.2, 0) is 30.8 Å². The molecule has 5 atom stereocenters. The molecule has 1 aliphatic heterocycles. The fourth-order valence-corrected chi connectivity index (χ4v) is 7.45. The molecule has 1 fully saturated rings. The maximum Gasteiger partial charge on any atom is 0.337 e. The first-order valence-electron chi connectivity index (χ1n) is 14.2. The van der Waals surface area contributed by atoms with Crippen molar-refractivity contribution in [3.63, 3.8) is 0 Å². The summed E-state index contributed by atoms with van der Waals surface area (Å²) in [7, 11) is 1.63. The first-order valence-corrected chi connectivity index (χ1v) is 14.2. The summed E-state index contributed by atoms with van der Waals surface area (Å²) in [6, 6.07) is 4.06. The predicted octanol–water partition coefficient (Wildman–Crippen LogP) is 5.39. The van der Waals surface area contributed by atoms with Crippen LogP contribution in [0.15, 0.2) is 24.0 Å². The fourth-order valence-electron chi connectivity index (χ4n) is 7.45. The van der Waals surface area contributed by atoms with Gasteiger partial charge in [-0.2, -0.15) is 0 Å². The molecule has 1 spiro atoms. The van der Waals surface area contributed by atoms with Gasteiger partial charge in [0.05, 0.1) is 35.9 Å². The van der Waals surface area contributed by atoms with Crippen molar-refractivity contribution in [1.29, 1.82) is 0 Å². The molecular formula is C31H44O7. The molecule has 1 saturated carbocycles. The molecule has 7 heteroatoms. The fraction of sp³-hybridized carbons (Fsp3) is 0.710. The monoisotopic (exact) mass is 528 g/mol. The SMILES string of the molecule is CCCC(C)(CCOC(C)(C)C)OCC(=O)OC1=CC[C@@]2(O)[C@@H]3CCC[C@@]24c2c(ccc(OC)c2O[C@@H]14)C3. The second-order valence-electron chi connectivity index (χ2n) is 12.8. The largest absolute Gasteiger partial charge is 0.493 e. The Morgan fingerprint density at radius 2 is 1.97 bits per heavy atom. The van der Waals surface area contributed by atoms with Gasteiger partial charge in [0.15, 0.2) is 17.6 Å². The number of hydrogen-bond acceptors (Lipinski definition) is 7. The van der Waals surface area contributed by atoms with Crippen molar-refractivity contribution in [1.82, 2.24) is 0 Å². The van der Waals surface area contributed by atoms with E-state index in [1.807, 2.05) is 39.8 Å². The van der Waals surface area contributed by atoms with Gasteiger partial charge in [-0.15, -0.1) is 0 Å². The molecule has 1 heterocycles. The zero-order valence-corrected chi connectivity index (χ0v) is 23.9. The third-order valence-electron chi connectivity index (χ3n) is 9.18. The van der Waals surface area contributed by atoms with Crippen LogP contribution in [0.2, 0.25) is 0 Å². The van der Waals surface area contributed by atoms with Gasteiger partial charge in [0, 0.05) is 5.56 Å². The van der Waals surface area contributed by atoms with Gasteiger partial charge >= 0.3 is 5.97 Å². The number of carbonyl (C=O) groups is 1. The van der Waals surface area contributed by atoms with E-state index in [1.54, 1.807) is 7.11 Å². The zero-order chi connectivity index (χ0) is 27.3. The Labute approximate surface area is 226 Å². The number of carbonyl (C=O) groups excluding carboxylic acids is 1. The molecule has 0 amide bonds. The third-order valence-corrected chi connectivity index (χ3v) is 9.18. The Kier molecular flexibility index (Phi) is 7.11. The Hall–Kier alpha value is -2.09. The van der Waals surface area contributed by atoms with Crippen LogP contribution in [0, 0.1) is 5.92 Å². The van der Waals surface area contributed by atoms with Crippen molar-refractivity contribution in [2.45, 2.75) is 114 Å². The van der Waals surface area contributed by atoms with Crippen LogP contribution in [0.1, 0.15) is 90.7 Å². The Morgan fingerprint density at radius 3 is 2.68 bits per heavy atom. The second kappa shape index (κ2) is 9.83. The molecule has 0 radical (unpaired) electrons. The van der Waals surface area contributed by atoms with E-state index in [1.165, 1.54) is 5.56 Å². The highest BCUT2D eigenvalue weighted by molar-refractivity contribution is 5.73. The average molecular weight is 529 g/mol. The maximum atomic E-state index is 13.1. The Balaban J connectivity index is 1.34. The lowest BCUT2D eigenvalue weighted by Gasteiger charge is -2.59. The van der Waals surface area contributed by atoms with Crippen LogP contribution in [0.4, 0.5) is 0 Å². The molecule has 0 saturated heterocycles. The highest BCUT2D eigenvalue weighted by atomic mass is 16.6.